The minimum Gasteiger partial charge on any atom is -0.461 e. The molecule has 0 bridgehead atoms. The number of ether oxygens (including phenoxy) is 1. The lowest BCUT2D eigenvalue weighted by atomic mass is 10.1. The fourth-order valence-corrected chi connectivity index (χ4v) is 1.96. The molecule has 0 saturated carbocycles. The summed E-state index contributed by atoms with van der Waals surface area (Å²) in [5, 5.41) is 2.72. The van der Waals surface area contributed by atoms with Gasteiger partial charge in [-0.05, 0) is 26.0 Å². The summed E-state index contributed by atoms with van der Waals surface area (Å²) in [5.74, 6) is -0.778. The van der Waals surface area contributed by atoms with Crippen LogP contribution in [-0.4, -0.2) is 34.0 Å². The van der Waals surface area contributed by atoms with Crippen LogP contribution in [0.15, 0.2) is 42.9 Å². The molecule has 0 saturated heterocycles. The van der Waals surface area contributed by atoms with Crippen molar-refractivity contribution >= 4 is 11.9 Å². The Bertz CT molecular complexity index is 609. The van der Waals surface area contributed by atoms with Gasteiger partial charge >= 0.3 is 5.97 Å². The first-order chi connectivity index (χ1) is 10.6. The van der Waals surface area contributed by atoms with Crippen molar-refractivity contribution in [2.45, 2.75) is 32.4 Å². The third-order valence-corrected chi connectivity index (χ3v) is 2.96. The number of nitrogens with zero attached hydrogens (tertiary/aromatic N) is 1. The standard InChI is InChI=1S/C16H19N3O3/c1-11(2)22-16(21)14(8-13-9-17-10-18-13)19-15(20)12-6-4-3-5-7-12/h3-7,9-11,14H,8H2,1-2H3,(H,17,18)(H,19,20)/t14-/m0/s1. The van der Waals surface area contributed by atoms with Crippen LogP contribution in [0.2, 0.25) is 0 Å². The fraction of sp³-hybridized carbons (Fsp3) is 0.312. The number of aromatic nitrogens is 2. The quantitative estimate of drug-likeness (QED) is 0.795. The van der Waals surface area contributed by atoms with Crippen molar-refractivity contribution < 1.29 is 14.3 Å². The van der Waals surface area contributed by atoms with Crippen molar-refractivity contribution in [2.24, 2.45) is 0 Å². The van der Waals surface area contributed by atoms with Crippen LogP contribution in [0, 0.1) is 0 Å². The minimum atomic E-state index is -0.768. The highest BCUT2D eigenvalue weighted by atomic mass is 16.5. The number of hydrogen-bond donors (Lipinski definition) is 2. The van der Waals surface area contributed by atoms with Gasteiger partial charge in [-0.3, -0.25) is 4.79 Å². The monoisotopic (exact) mass is 301 g/mol. The van der Waals surface area contributed by atoms with Crippen LogP contribution in [0.25, 0.3) is 0 Å². The number of hydrogen-bond acceptors (Lipinski definition) is 4. The molecule has 2 aromatic rings. The number of nitrogens with one attached hydrogen (secondary N) is 2. The summed E-state index contributed by atoms with van der Waals surface area (Å²) >= 11 is 0. The average molecular weight is 301 g/mol. The molecule has 1 atom stereocenters. The summed E-state index contributed by atoms with van der Waals surface area (Å²) in [6.07, 6.45) is 3.19. The molecule has 116 valence electrons. The van der Waals surface area contributed by atoms with Gasteiger partial charge in [-0.2, -0.15) is 0 Å². The highest BCUT2D eigenvalue weighted by Gasteiger charge is 2.24. The van der Waals surface area contributed by atoms with Gasteiger partial charge in [0.25, 0.3) is 5.91 Å². The van der Waals surface area contributed by atoms with E-state index in [1.807, 2.05) is 6.07 Å². The van der Waals surface area contributed by atoms with Crippen molar-refractivity contribution in [2.75, 3.05) is 0 Å². The minimum absolute atomic E-state index is 0.245. The predicted molar refractivity (Wildman–Crippen MR) is 81.2 cm³/mol. The number of carbonyl (C=O) groups is 2. The number of carbonyl (C=O) groups excluding carboxylic acids is 2. The summed E-state index contributed by atoms with van der Waals surface area (Å²) in [4.78, 5) is 31.2. The van der Waals surface area contributed by atoms with Crippen molar-refractivity contribution in [3.63, 3.8) is 0 Å². The van der Waals surface area contributed by atoms with E-state index < -0.39 is 12.0 Å². The molecule has 0 unspecified atom stereocenters. The van der Waals surface area contributed by atoms with Crippen LogP contribution < -0.4 is 5.32 Å². The highest BCUT2D eigenvalue weighted by molar-refractivity contribution is 5.96. The van der Waals surface area contributed by atoms with E-state index in [1.165, 1.54) is 6.33 Å². The first-order valence-electron chi connectivity index (χ1n) is 7.10. The summed E-state index contributed by atoms with van der Waals surface area (Å²) < 4.78 is 5.21. The Kier molecular flexibility index (Phi) is 5.30. The summed E-state index contributed by atoms with van der Waals surface area (Å²) in [6, 6.07) is 7.98. The molecule has 1 heterocycles. The summed E-state index contributed by atoms with van der Waals surface area (Å²) in [5.41, 5.74) is 1.24. The first kappa shape index (κ1) is 15.8. The molecule has 0 spiro atoms. The van der Waals surface area contributed by atoms with Crippen molar-refractivity contribution in [3.8, 4) is 0 Å². The van der Waals surface area contributed by atoms with Crippen LogP contribution in [-0.2, 0) is 16.0 Å². The Hall–Kier alpha value is -2.63. The van der Waals surface area contributed by atoms with Crippen LogP contribution in [0.5, 0.6) is 0 Å². The molecule has 1 aromatic carbocycles. The smallest absolute Gasteiger partial charge is 0.329 e. The van der Waals surface area contributed by atoms with Gasteiger partial charge < -0.3 is 15.0 Å². The average Bonchev–Trinajstić information content (AvgIpc) is 2.99. The molecule has 0 aliphatic rings. The Morgan fingerprint density at radius 1 is 1.27 bits per heavy atom. The molecule has 0 fully saturated rings. The van der Waals surface area contributed by atoms with E-state index in [4.69, 9.17) is 4.74 Å². The van der Waals surface area contributed by atoms with Crippen LogP contribution >= 0.6 is 0 Å². The molecule has 2 rings (SSSR count). The van der Waals surface area contributed by atoms with Crippen molar-refractivity contribution in [1.82, 2.24) is 15.3 Å². The van der Waals surface area contributed by atoms with Gasteiger partial charge in [0.05, 0.1) is 12.4 Å². The molecular weight excluding hydrogens is 282 g/mol. The summed E-state index contributed by atoms with van der Waals surface area (Å²) in [6.45, 7) is 3.54. The SMILES string of the molecule is CC(C)OC(=O)[C@H](Cc1cnc[nH]1)NC(=O)c1ccccc1. The number of benzene rings is 1. The van der Waals surface area contributed by atoms with Gasteiger partial charge in [-0.25, -0.2) is 9.78 Å². The van der Waals surface area contributed by atoms with Crippen LogP contribution in [0.3, 0.4) is 0 Å². The van der Waals surface area contributed by atoms with Crippen molar-refractivity contribution in [3.05, 3.63) is 54.1 Å². The Morgan fingerprint density at radius 2 is 2.00 bits per heavy atom. The van der Waals surface area contributed by atoms with E-state index in [9.17, 15) is 9.59 Å². The summed E-state index contributed by atoms with van der Waals surface area (Å²) in [7, 11) is 0. The third-order valence-electron chi connectivity index (χ3n) is 2.96. The van der Waals surface area contributed by atoms with Gasteiger partial charge in [-0.1, -0.05) is 18.2 Å². The van der Waals surface area contributed by atoms with Gasteiger partial charge in [0.1, 0.15) is 6.04 Å². The van der Waals surface area contributed by atoms with E-state index in [1.54, 1.807) is 44.3 Å². The molecule has 0 aliphatic carbocycles. The number of rotatable bonds is 6. The van der Waals surface area contributed by atoms with Gasteiger partial charge in [0.15, 0.2) is 0 Å². The number of aromatic amines is 1. The normalized spacial score (nSPS) is 12.0. The lowest BCUT2D eigenvalue weighted by molar-refractivity contribution is -0.149. The van der Waals surface area contributed by atoms with E-state index in [2.05, 4.69) is 15.3 Å². The molecule has 1 aromatic heterocycles. The largest absolute Gasteiger partial charge is 0.461 e. The number of imidazole rings is 1. The van der Waals surface area contributed by atoms with Crippen molar-refractivity contribution in [1.29, 1.82) is 0 Å². The Morgan fingerprint density at radius 3 is 2.59 bits per heavy atom. The second-order valence-corrected chi connectivity index (χ2v) is 5.16. The zero-order valence-electron chi connectivity index (χ0n) is 12.6. The maximum Gasteiger partial charge on any atom is 0.329 e. The molecule has 0 aliphatic heterocycles. The van der Waals surface area contributed by atoms with Crippen LogP contribution in [0.1, 0.15) is 29.9 Å². The predicted octanol–water partition coefficient (Wildman–Crippen LogP) is 1.70. The molecule has 2 N–H and O–H groups in total. The van der Waals surface area contributed by atoms with Crippen LogP contribution in [0.4, 0.5) is 0 Å². The lowest BCUT2D eigenvalue weighted by Gasteiger charge is -2.18. The van der Waals surface area contributed by atoms with E-state index in [0.29, 0.717) is 12.0 Å². The lowest BCUT2D eigenvalue weighted by Crippen LogP contribution is -2.44. The molecule has 22 heavy (non-hydrogen) atoms. The highest BCUT2D eigenvalue weighted by Crippen LogP contribution is 2.05. The zero-order valence-corrected chi connectivity index (χ0v) is 12.6. The maximum atomic E-state index is 12.2. The second-order valence-electron chi connectivity index (χ2n) is 5.16. The number of esters is 1. The Balaban J connectivity index is 2.09. The first-order valence-corrected chi connectivity index (χ1v) is 7.10. The third kappa shape index (κ3) is 4.44. The van der Waals surface area contributed by atoms with E-state index in [0.717, 1.165) is 5.69 Å². The molecule has 0 radical (unpaired) electrons. The Labute approximate surface area is 128 Å². The molecule has 6 nitrogen and oxygen atoms in total. The maximum absolute atomic E-state index is 12.2. The van der Waals surface area contributed by atoms with Gasteiger partial charge in [0, 0.05) is 23.9 Å². The van der Waals surface area contributed by atoms with E-state index >= 15 is 0 Å². The number of H-pyrrole nitrogens is 1. The fourth-order valence-electron chi connectivity index (χ4n) is 1.96. The molecule has 6 heteroatoms. The number of amides is 1. The zero-order chi connectivity index (χ0) is 15.9. The molecular formula is C16H19N3O3. The van der Waals surface area contributed by atoms with Gasteiger partial charge in [-0.15, -0.1) is 0 Å². The topological polar surface area (TPSA) is 84.1 Å². The van der Waals surface area contributed by atoms with Gasteiger partial charge in [0.2, 0.25) is 0 Å². The second kappa shape index (κ2) is 7.40. The van der Waals surface area contributed by atoms with E-state index in [-0.39, 0.29) is 12.0 Å². The molecule has 1 amide bonds.